The molecule has 2 N–H and O–H groups in total. The van der Waals surface area contributed by atoms with E-state index in [1.165, 1.54) is 29.7 Å². The molecule has 0 aliphatic heterocycles. The van der Waals surface area contributed by atoms with E-state index in [1.807, 2.05) is 35.3 Å². The van der Waals surface area contributed by atoms with Crippen LogP contribution in [0.15, 0.2) is 18.3 Å². The zero-order valence-electron chi connectivity index (χ0n) is 10.0. The van der Waals surface area contributed by atoms with Crippen LogP contribution < -0.4 is 5.73 Å². The molecular formula is C13H17N3S. The first-order valence-electron chi connectivity index (χ1n) is 6.08. The molecule has 1 aliphatic rings. The number of hydrogen-bond donors (Lipinski definition) is 1. The Morgan fingerprint density at radius 3 is 3.12 bits per heavy atom. The summed E-state index contributed by atoms with van der Waals surface area (Å²) in [5.41, 5.74) is 8.86. The largest absolute Gasteiger partial charge is 0.323 e. The van der Waals surface area contributed by atoms with Crippen LogP contribution in [0.3, 0.4) is 0 Å². The molecule has 3 nitrogen and oxygen atoms in total. The first-order chi connectivity index (χ1) is 8.22. The van der Waals surface area contributed by atoms with Crippen molar-refractivity contribution >= 4 is 11.3 Å². The van der Waals surface area contributed by atoms with Crippen LogP contribution in [-0.4, -0.2) is 9.78 Å². The Hall–Kier alpha value is -1.13. The third-order valence-electron chi connectivity index (χ3n) is 3.33. The number of fused-ring (bicyclic) bond motifs is 1. The maximum atomic E-state index is 6.26. The molecule has 0 spiro atoms. The summed E-state index contributed by atoms with van der Waals surface area (Å²) in [6.45, 7) is 0. The average Bonchev–Trinajstić information content (AvgIpc) is 2.92. The highest BCUT2D eigenvalue weighted by Gasteiger charge is 2.18. The van der Waals surface area contributed by atoms with E-state index >= 15 is 0 Å². The molecule has 0 aromatic carbocycles. The lowest BCUT2D eigenvalue weighted by Crippen LogP contribution is -2.12. The third kappa shape index (κ3) is 2.15. The van der Waals surface area contributed by atoms with E-state index in [0.29, 0.717) is 0 Å². The first-order valence-corrected chi connectivity index (χ1v) is 6.89. The van der Waals surface area contributed by atoms with Crippen LogP contribution in [0.5, 0.6) is 0 Å². The van der Waals surface area contributed by atoms with Crippen LogP contribution in [0, 0.1) is 0 Å². The van der Waals surface area contributed by atoms with Gasteiger partial charge in [-0.2, -0.15) is 5.10 Å². The van der Waals surface area contributed by atoms with Gasteiger partial charge >= 0.3 is 0 Å². The summed E-state index contributed by atoms with van der Waals surface area (Å²) >= 11 is 1.90. The predicted octanol–water partition coefficient (Wildman–Crippen LogP) is 2.21. The number of rotatable bonds is 3. The molecule has 0 bridgehead atoms. The molecule has 0 saturated carbocycles. The maximum absolute atomic E-state index is 6.26. The van der Waals surface area contributed by atoms with Crippen molar-refractivity contribution in [1.82, 2.24) is 9.78 Å². The van der Waals surface area contributed by atoms with E-state index < -0.39 is 0 Å². The molecule has 3 rings (SSSR count). The van der Waals surface area contributed by atoms with Crippen LogP contribution >= 0.6 is 11.3 Å². The first kappa shape index (κ1) is 11.0. The summed E-state index contributed by atoms with van der Waals surface area (Å²) < 4.78 is 1.83. The molecule has 90 valence electrons. The summed E-state index contributed by atoms with van der Waals surface area (Å²) in [5.74, 6) is 0. The van der Waals surface area contributed by atoms with Gasteiger partial charge < -0.3 is 5.73 Å². The van der Waals surface area contributed by atoms with Gasteiger partial charge in [0.2, 0.25) is 0 Å². The molecule has 0 saturated heterocycles. The lowest BCUT2D eigenvalue weighted by Gasteiger charge is -2.07. The minimum atomic E-state index is 0.0977. The minimum absolute atomic E-state index is 0.0977. The molecule has 0 radical (unpaired) electrons. The standard InChI is InChI=1S/C13H17N3S/c1-16-6-5-10(15-16)8-11(14)13-7-9-3-2-4-12(9)17-13/h5-7,11H,2-4,8,14H2,1H3. The Kier molecular flexibility index (Phi) is 2.76. The fraction of sp³-hybridized carbons (Fsp3) is 0.462. The lowest BCUT2D eigenvalue weighted by atomic mass is 10.1. The van der Waals surface area contributed by atoms with Gasteiger partial charge in [0.25, 0.3) is 0 Å². The summed E-state index contributed by atoms with van der Waals surface area (Å²) in [6.07, 6.45) is 6.60. The van der Waals surface area contributed by atoms with Gasteiger partial charge in [0.05, 0.1) is 5.69 Å². The summed E-state index contributed by atoms with van der Waals surface area (Å²) in [4.78, 5) is 2.87. The molecule has 2 aromatic rings. The van der Waals surface area contributed by atoms with Gasteiger partial charge in [0.1, 0.15) is 0 Å². The van der Waals surface area contributed by atoms with Crippen molar-refractivity contribution in [3.05, 3.63) is 39.3 Å². The molecule has 0 amide bonds. The quantitative estimate of drug-likeness (QED) is 0.903. The minimum Gasteiger partial charge on any atom is -0.323 e. The number of nitrogens with zero attached hydrogens (tertiary/aromatic N) is 2. The van der Waals surface area contributed by atoms with Gasteiger partial charge in [0.15, 0.2) is 0 Å². The molecule has 0 fully saturated rings. The zero-order chi connectivity index (χ0) is 11.8. The fourth-order valence-electron chi connectivity index (χ4n) is 2.43. The van der Waals surface area contributed by atoms with Crippen molar-refractivity contribution < 1.29 is 0 Å². The number of aryl methyl sites for hydroxylation is 3. The van der Waals surface area contributed by atoms with E-state index in [-0.39, 0.29) is 6.04 Å². The molecule has 1 aliphatic carbocycles. The number of nitrogens with two attached hydrogens (primary N) is 1. The second-order valence-electron chi connectivity index (χ2n) is 4.74. The molecule has 4 heteroatoms. The second-order valence-corrected chi connectivity index (χ2v) is 5.91. The van der Waals surface area contributed by atoms with E-state index in [0.717, 1.165) is 12.1 Å². The number of thiophene rings is 1. The van der Waals surface area contributed by atoms with E-state index in [1.54, 1.807) is 4.88 Å². The van der Waals surface area contributed by atoms with Crippen molar-refractivity contribution in [2.45, 2.75) is 31.7 Å². The lowest BCUT2D eigenvalue weighted by molar-refractivity contribution is 0.682. The summed E-state index contributed by atoms with van der Waals surface area (Å²) in [5, 5.41) is 4.38. The van der Waals surface area contributed by atoms with E-state index in [2.05, 4.69) is 11.2 Å². The molecule has 2 heterocycles. The van der Waals surface area contributed by atoms with Gasteiger partial charge in [-0.1, -0.05) is 0 Å². The SMILES string of the molecule is Cn1ccc(CC(N)c2cc3c(s2)CCC3)n1. The van der Waals surface area contributed by atoms with Crippen molar-refractivity contribution in [1.29, 1.82) is 0 Å². The smallest absolute Gasteiger partial charge is 0.0643 e. The highest BCUT2D eigenvalue weighted by molar-refractivity contribution is 7.12. The molecule has 2 aromatic heterocycles. The van der Waals surface area contributed by atoms with Crippen LogP contribution in [0.25, 0.3) is 0 Å². The Bertz CT molecular complexity index is 505. The van der Waals surface area contributed by atoms with E-state index in [9.17, 15) is 0 Å². The number of aromatic nitrogens is 2. The van der Waals surface area contributed by atoms with Crippen LogP contribution in [0.1, 0.15) is 33.5 Å². The highest BCUT2D eigenvalue weighted by Crippen LogP contribution is 2.33. The molecular weight excluding hydrogens is 230 g/mol. The summed E-state index contributed by atoms with van der Waals surface area (Å²) in [7, 11) is 1.94. The fourth-order valence-corrected chi connectivity index (χ4v) is 3.69. The Morgan fingerprint density at radius 2 is 2.41 bits per heavy atom. The molecule has 1 unspecified atom stereocenters. The Labute approximate surface area is 105 Å². The topological polar surface area (TPSA) is 43.8 Å². The summed E-state index contributed by atoms with van der Waals surface area (Å²) in [6, 6.07) is 4.45. The normalized spacial score (nSPS) is 16.1. The monoisotopic (exact) mass is 247 g/mol. The van der Waals surface area contributed by atoms with Gasteiger partial charge in [0, 0.05) is 35.5 Å². The van der Waals surface area contributed by atoms with Crippen molar-refractivity contribution in [3.63, 3.8) is 0 Å². The Balaban J connectivity index is 1.75. The van der Waals surface area contributed by atoms with Gasteiger partial charge in [-0.15, -0.1) is 11.3 Å². The average molecular weight is 247 g/mol. The van der Waals surface area contributed by atoms with Crippen LogP contribution in [0.4, 0.5) is 0 Å². The van der Waals surface area contributed by atoms with Crippen LogP contribution in [0.2, 0.25) is 0 Å². The maximum Gasteiger partial charge on any atom is 0.0643 e. The predicted molar refractivity (Wildman–Crippen MR) is 70.2 cm³/mol. The van der Waals surface area contributed by atoms with Crippen LogP contribution in [-0.2, 0) is 26.3 Å². The second kappa shape index (κ2) is 4.27. The van der Waals surface area contributed by atoms with Crippen molar-refractivity contribution in [3.8, 4) is 0 Å². The highest BCUT2D eigenvalue weighted by atomic mass is 32.1. The van der Waals surface area contributed by atoms with Gasteiger partial charge in [-0.3, -0.25) is 4.68 Å². The molecule has 1 atom stereocenters. The van der Waals surface area contributed by atoms with Gasteiger partial charge in [-0.05, 0) is 37.0 Å². The van der Waals surface area contributed by atoms with Crippen molar-refractivity contribution in [2.75, 3.05) is 0 Å². The zero-order valence-corrected chi connectivity index (χ0v) is 10.8. The van der Waals surface area contributed by atoms with Gasteiger partial charge in [-0.25, -0.2) is 0 Å². The van der Waals surface area contributed by atoms with Crippen molar-refractivity contribution in [2.24, 2.45) is 12.8 Å². The third-order valence-corrected chi connectivity index (χ3v) is 4.70. The molecule has 17 heavy (non-hydrogen) atoms. The Morgan fingerprint density at radius 1 is 1.53 bits per heavy atom. The van der Waals surface area contributed by atoms with E-state index in [4.69, 9.17) is 5.73 Å². The number of hydrogen-bond acceptors (Lipinski definition) is 3.